The fourth-order valence-corrected chi connectivity index (χ4v) is 1.80. The lowest BCUT2D eigenvalue weighted by Crippen LogP contribution is -2.28. The molecule has 0 saturated carbocycles. The monoisotopic (exact) mass is 278 g/mol. The Morgan fingerprint density at radius 3 is 1.89 bits per heavy atom. The van der Waals surface area contributed by atoms with Gasteiger partial charge in [-0.1, -0.05) is 19.3 Å². The molecule has 0 rings (SSSR count). The molecule has 0 spiro atoms. The molecule has 0 aliphatic carbocycles. The van der Waals surface area contributed by atoms with Crippen LogP contribution in [0.1, 0.15) is 46.0 Å². The van der Waals surface area contributed by atoms with Crippen molar-refractivity contribution >= 4 is 23.5 Å². The standard InChI is InChI=1S/C13H23ClO4/c1-3-17-12(15)11(13(16)18-4-2)9-7-5-6-8-10-14/h11H,3-10H2,1-2H3. The highest BCUT2D eigenvalue weighted by Crippen LogP contribution is 2.15. The van der Waals surface area contributed by atoms with Gasteiger partial charge in [0.15, 0.2) is 5.92 Å². The minimum atomic E-state index is -0.777. The average molecular weight is 279 g/mol. The number of carbonyl (C=O) groups is 2. The van der Waals surface area contributed by atoms with Crippen molar-refractivity contribution in [2.75, 3.05) is 19.1 Å². The minimum absolute atomic E-state index is 0.279. The maximum absolute atomic E-state index is 11.6. The Balaban J connectivity index is 4.12. The van der Waals surface area contributed by atoms with Crippen LogP contribution < -0.4 is 0 Å². The summed E-state index contributed by atoms with van der Waals surface area (Å²) in [6.07, 6.45) is 4.23. The van der Waals surface area contributed by atoms with Gasteiger partial charge in [0.25, 0.3) is 0 Å². The van der Waals surface area contributed by atoms with E-state index in [4.69, 9.17) is 21.1 Å². The van der Waals surface area contributed by atoms with Gasteiger partial charge in [-0.2, -0.15) is 0 Å². The van der Waals surface area contributed by atoms with Crippen molar-refractivity contribution in [2.45, 2.75) is 46.0 Å². The summed E-state index contributed by atoms with van der Waals surface area (Å²) in [5.74, 6) is -1.08. The number of carbonyl (C=O) groups excluding carboxylic acids is 2. The van der Waals surface area contributed by atoms with E-state index >= 15 is 0 Å². The van der Waals surface area contributed by atoms with Gasteiger partial charge in [0.1, 0.15) is 0 Å². The van der Waals surface area contributed by atoms with Gasteiger partial charge in [0.2, 0.25) is 0 Å². The number of ether oxygens (including phenoxy) is 2. The lowest BCUT2D eigenvalue weighted by molar-refractivity contribution is -0.161. The van der Waals surface area contributed by atoms with Gasteiger partial charge in [-0.15, -0.1) is 11.6 Å². The quantitative estimate of drug-likeness (QED) is 0.267. The number of esters is 2. The van der Waals surface area contributed by atoms with Crippen LogP contribution in [0.25, 0.3) is 0 Å². The number of hydrogen-bond acceptors (Lipinski definition) is 4. The smallest absolute Gasteiger partial charge is 0.320 e. The molecule has 0 radical (unpaired) electrons. The van der Waals surface area contributed by atoms with Crippen molar-refractivity contribution in [3.8, 4) is 0 Å². The van der Waals surface area contributed by atoms with E-state index in [9.17, 15) is 9.59 Å². The number of halogens is 1. The largest absolute Gasteiger partial charge is 0.465 e. The van der Waals surface area contributed by atoms with Gasteiger partial charge in [0, 0.05) is 5.88 Å². The maximum atomic E-state index is 11.6. The summed E-state index contributed by atoms with van der Waals surface area (Å²) in [7, 11) is 0. The second kappa shape index (κ2) is 11.3. The number of hydrogen-bond donors (Lipinski definition) is 0. The molecule has 0 aromatic heterocycles. The summed E-state index contributed by atoms with van der Waals surface area (Å²) in [5, 5.41) is 0. The third kappa shape index (κ3) is 7.54. The fourth-order valence-electron chi connectivity index (χ4n) is 1.61. The van der Waals surface area contributed by atoms with Crippen molar-refractivity contribution < 1.29 is 19.1 Å². The van der Waals surface area contributed by atoms with E-state index in [0.29, 0.717) is 12.3 Å². The van der Waals surface area contributed by atoms with Gasteiger partial charge < -0.3 is 9.47 Å². The Morgan fingerprint density at radius 1 is 0.944 bits per heavy atom. The van der Waals surface area contributed by atoms with Crippen LogP contribution >= 0.6 is 11.6 Å². The number of alkyl halides is 1. The first kappa shape index (κ1) is 17.2. The highest BCUT2D eigenvalue weighted by molar-refractivity contribution is 6.17. The maximum Gasteiger partial charge on any atom is 0.320 e. The summed E-state index contributed by atoms with van der Waals surface area (Å²) < 4.78 is 9.78. The lowest BCUT2D eigenvalue weighted by atomic mass is 10.0. The van der Waals surface area contributed by atoms with Gasteiger partial charge in [0.05, 0.1) is 13.2 Å². The number of unbranched alkanes of at least 4 members (excludes halogenated alkanes) is 3. The topological polar surface area (TPSA) is 52.6 Å². The van der Waals surface area contributed by atoms with Crippen LogP contribution in [0.15, 0.2) is 0 Å². The van der Waals surface area contributed by atoms with Gasteiger partial charge in [-0.25, -0.2) is 0 Å². The molecule has 0 aromatic rings. The van der Waals surface area contributed by atoms with Crippen LogP contribution in [0.2, 0.25) is 0 Å². The summed E-state index contributed by atoms with van der Waals surface area (Å²) in [5.41, 5.74) is 0. The van der Waals surface area contributed by atoms with Crippen molar-refractivity contribution in [3.05, 3.63) is 0 Å². The van der Waals surface area contributed by atoms with Crippen LogP contribution in [0.4, 0.5) is 0 Å². The zero-order valence-corrected chi connectivity index (χ0v) is 12.0. The third-order valence-corrected chi connectivity index (χ3v) is 2.79. The van der Waals surface area contributed by atoms with Crippen molar-refractivity contribution in [3.63, 3.8) is 0 Å². The van der Waals surface area contributed by atoms with E-state index in [1.54, 1.807) is 13.8 Å². The molecule has 0 N–H and O–H groups in total. The number of rotatable bonds is 10. The summed E-state index contributed by atoms with van der Waals surface area (Å²) in [6, 6.07) is 0. The molecule has 0 unspecified atom stereocenters. The Labute approximate surface area is 114 Å². The Hall–Kier alpha value is -0.770. The molecule has 106 valence electrons. The summed E-state index contributed by atoms with van der Waals surface area (Å²) in [4.78, 5) is 23.3. The normalized spacial score (nSPS) is 10.4. The van der Waals surface area contributed by atoms with Crippen LogP contribution in [-0.2, 0) is 19.1 Å². The summed E-state index contributed by atoms with van der Waals surface area (Å²) in [6.45, 7) is 4.00. The average Bonchev–Trinajstić information content (AvgIpc) is 2.34. The SMILES string of the molecule is CCOC(=O)C(CCCCCCCl)C(=O)OCC. The van der Waals surface area contributed by atoms with E-state index in [1.165, 1.54) is 0 Å². The van der Waals surface area contributed by atoms with Gasteiger partial charge >= 0.3 is 11.9 Å². The predicted molar refractivity (Wildman–Crippen MR) is 70.6 cm³/mol. The highest BCUT2D eigenvalue weighted by atomic mass is 35.5. The van der Waals surface area contributed by atoms with Crippen LogP contribution in [0.3, 0.4) is 0 Å². The lowest BCUT2D eigenvalue weighted by Gasteiger charge is -2.14. The van der Waals surface area contributed by atoms with Gasteiger partial charge in [-0.3, -0.25) is 9.59 Å². The van der Waals surface area contributed by atoms with Crippen molar-refractivity contribution in [2.24, 2.45) is 5.92 Å². The van der Waals surface area contributed by atoms with E-state index in [2.05, 4.69) is 0 Å². The molecule has 0 bridgehead atoms. The van der Waals surface area contributed by atoms with E-state index < -0.39 is 17.9 Å². The van der Waals surface area contributed by atoms with Crippen LogP contribution in [0.5, 0.6) is 0 Å². The van der Waals surface area contributed by atoms with E-state index in [-0.39, 0.29) is 13.2 Å². The predicted octanol–water partition coefficient (Wildman–Crippen LogP) is 2.92. The van der Waals surface area contributed by atoms with Crippen molar-refractivity contribution in [1.82, 2.24) is 0 Å². The molecule has 0 amide bonds. The van der Waals surface area contributed by atoms with E-state index in [0.717, 1.165) is 25.7 Å². The molecule has 0 fully saturated rings. The Bertz CT molecular complexity index is 225. The Kier molecular flexibility index (Phi) is 10.8. The molecule has 0 atom stereocenters. The second-order valence-electron chi connectivity index (χ2n) is 3.95. The molecule has 5 heteroatoms. The van der Waals surface area contributed by atoms with Crippen LogP contribution in [-0.4, -0.2) is 31.0 Å². The molecular weight excluding hydrogens is 256 g/mol. The molecule has 18 heavy (non-hydrogen) atoms. The third-order valence-electron chi connectivity index (χ3n) is 2.52. The van der Waals surface area contributed by atoms with Crippen LogP contribution in [0, 0.1) is 5.92 Å². The molecule has 0 aliphatic rings. The van der Waals surface area contributed by atoms with Gasteiger partial charge in [-0.05, 0) is 26.7 Å². The zero-order valence-electron chi connectivity index (χ0n) is 11.2. The first-order chi connectivity index (χ1) is 8.67. The van der Waals surface area contributed by atoms with Crippen molar-refractivity contribution in [1.29, 1.82) is 0 Å². The summed E-state index contributed by atoms with van der Waals surface area (Å²) >= 11 is 5.58. The molecule has 0 aliphatic heterocycles. The molecule has 0 aromatic carbocycles. The molecule has 0 saturated heterocycles. The molecular formula is C13H23ClO4. The molecule has 0 heterocycles. The molecule has 4 nitrogen and oxygen atoms in total. The first-order valence-corrected chi connectivity index (χ1v) is 7.10. The fraction of sp³-hybridized carbons (Fsp3) is 0.846. The van der Waals surface area contributed by atoms with E-state index in [1.807, 2.05) is 0 Å². The highest BCUT2D eigenvalue weighted by Gasteiger charge is 2.28. The zero-order chi connectivity index (χ0) is 13.8. The second-order valence-corrected chi connectivity index (χ2v) is 4.33. The minimum Gasteiger partial charge on any atom is -0.465 e. The first-order valence-electron chi connectivity index (χ1n) is 6.56. The Morgan fingerprint density at radius 2 is 1.44 bits per heavy atom.